The molecule has 12 rings (SSSR count). The van der Waals surface area contributed by atoms with E-state index < -0.39 is 30.5 Å². The smallest absolute Gasteiger partial charge is 0.457 e. The minimum absolute atomic E-state index is 0. The van der Waals surface area contributed by atoms with Gasteiger partial charge in [-0.15, -0.1) is 0 Å². The molecule has 2 radical (unpaired) electrons. The van der Waals surface area contributed by atoms with Crippen LogP contribution in [0, 0.1) is 168 Å². The number of hydrogen-bond donors (Lipinski definition) is 0. The molecule has 0 bridgehead atoms. The van der Waals surface area contributed by atoms with Crippen molar-refractivity contribution in [2.75, 3.05) is 0 Å². The fraction of sp³-hybridized carbons (Fsp3) is 0. The Balaban J connectivity index is -0.000000138. The second-order valence-corrected chi connectivity index (χ2v) is 18.7. The molecule has 44 nitrogen and oxygen atoms in total. The van der Waals surface area contributed by atoms with E-state index in [2.05, 4.69) is 133 Å². The molecule has 46 heteroatoms. The monoisotopic (exact) mass is 1940 g/mol. The van der Waals surface area contributed by atoms with Crippen LogP contribution >= 0.6 is 0 Å². The molecule has 12 aromatic heterocycles. The van der Waals surface area contributed by atoms with Crippen molar-refractivity contribution in [2.24, 2.45) is 0 Å². The molecule has 630 valence electrons. The first-order valence-electron chi connectivity index (χ1n) is 29.9. The average molecular weight is 1940 g/mol. The van der Waals surface area contributed by atoms with Gasteiger partial charge in [0.2, 0.25) is 0 Å². The first-order valence-corrected chi connectivity index (χ1v) is 29.9. The Labute approximate surface area is 730 Å². The van der Waals surface area contributed by atoms with Crippen molar-refractivity contribution in [3.63, 3.8) is 0 Å². The predicted octanol–water partition coefficient (Wildman–Crippen LogP) is 7.07. The number of pyridine rings is 12. The molecule has 0 aromatic carbocycles. The van der Waals surface area contributed by atoms with Gasteiger partial charge in [-0.2, -0.15) is 0 Å². The number of aromatic nitrogens is 12. The molecular formula is C72H84Dy2N18O26+8. The Kier molecular flexibility index (Phi) is 89.8. The minimum Gasteiger partial charge on any atom is -0.457 e. The molecule has 0 spiro atoms. The number of hydrogen-bond acceptors (Lipinski definition) is 30. The second kappa shape index (κ2) is 85.1. The third-order valence-electron chi connectivity index (χ3n) is 11.3. The summed E-state index contributed by atoms with van der Waals surface area (Å²) in [5.41, 5.74) is 13.8. The van der Waals surface area contributed by atoms with Gasteiger partial charge in [0.15, 0.2) is 0 Å². The maximum Gasteiger partial charge on any atom is 3.00 e. The van der Waals surface area contributed by atoms with Gasteiger partial charge >= 0.3 is 76.3 Å². The van der Waals surface area contributed by atoms with Crippen LogP contribution in [0.15, 0.2) is 294 Å². The zero-order chi connectivity index (χ0) is 79.3. The standard InChI is InChI=1S/6C12H10N2.2Dy.6NO3.8H2O/c6*1(11-3-7-13-8-4-11)2-12-5-9-14-10-6-12;;;6*2-1(3)4;;;;;;;;/h6*1-10H;;;;;;;;;8*1H2/q;;;;;;2*+3;6*-1;;;;;;;;/p+8/b6*2-1+;;;;;;;;;;;;;;;;. The van der Waals surface area contributed by atoms with E-state index in [0.717, 1.165) is 66.8 Å². The van der Waals surface area contributed by atoms with Crippen molar-refractivity contribution in [3.8, 4) is 0 Å². The molecule has 0 aliphatic carbocycles. The molecule has 12 heterocycles. The van der Waals surface area contributed by atoms with Gasteiger partial charge in [0.05, 0.1) is 30.5 Å². The van der Waals surface area contributed by atoms with E-state index >= 15 is 0 Å². The molecule has 0 saturated heterocycles. The second-order valence-electron chi connectivity index (χ2n) is 18.7. The molecule has 0 aliphatic heterocycles. The molecular weight excluding hydrogens is 1860 g/mol. The summed E-state index contributed by atoms with van der Waals surface area (Å²) in [6, 6.07) is 47.3. The first-order chi connectivity index (χ1) is 52.1. The van der Waals surface area contributed by atoms with Gasteiger partial charge in [-0.05, 0) is 212 Å². The summed E-state index contributed by atoms with van der Waals surface area (Å²) in [5, 5.41) is 88.5. The predicted molar refractivity (Wildman–Crippen MR) is 446 cm³/mol. The van der Waals surface area contributed by atoms with Gasteiger partial charge in [0.1, 0.15) is 0 Å². The maximum atomic E-state index is 8.25. The van der Waals surface area contributed by atoms with E-state index in [1.165, 1.54) is 0 Å². The van der Waals surface area contributed by atoms with Crippen LogP contribution in [0.3, 0.4) is 0 Å². The molecule has 24 N–H and O–H groups in total. The SMILES string of the molecule is C(=C\c1ccncc1)/c1ccncc1.C(=C\c1ccncc1)/c1ccncc1.C(=C\c1ccncc1)/c1ccncc1.C(=C\c1ccncc1)/c1ccncc1.C(=C\c1ccncc1)/c1ccncc1.C(=C\c1ccncc1)/c1ccncc1.O=[N+]([O-])[O-].O=[N+]([O-])[O-].O=[N+]([O-])[O-].O=[N+]([O-])[O-].O=[N+]([O-])[O-].O=[N+]([O-])[O-].[Dy+3].[Dy+3].[OH3+].[OH3+].[OH3+].[OH3+].[OH3+].[OH3+].[OH3+].[OH3+]. The quantitative estimate of drug-likeness (QED) is 0.0670. The molecule has 0 saturated carbocycles. The van der Waals surface area contributed by atoms with Crippen LogP contribution < -0.4 is 0 Å². The summed E-state index contributed by atoms with van der Waals surface area (Å²) in [6.45, 7) is 0. The fourth-order valence-corrected chi connectivity index (χ4v) is 6.85. The third kappa shape index (κ3) is 82.6. The van der Waals surface area contributed by atoms with E-state index in [4.69, 9.17) is 91.9 Å². The summed E-state index contributed by atoms with van der Waals surface area (Å²) in [6.07, 6.45) is 67.4. The Morgan fingerprint density at radius 2 is 0.186 bits per heavy atom. The van der Waals surface area contributed by atoms with Gasteiger partial charge in [0.25, 0.3) is 0 Å². The van der Waals surface area contributed by atoms with Crippen molar-refractivity contribution >= 4 is 72.9 Å². The van der Waals surface area contributed by atoms with Gasteiger partial charge in [-0.1, -0.05) is 72.9 Å². The topological polar surface area (TPSA) is 816 Å². The van der Waals surface area contributed by atoms with Crippen LogP contribution in [0.5, 0.6) is 0 Å². The van der Waals surface area contributed by atoms with Crippen molar-refractivity contribution in [3.05, 3.63) is 453 Å². The Morgan fingerprint density at radius 3 is 0.229 bits per heavy atom. The van der Waals surface area contributed by atoms with E-state index in [1.807, 2.05) is 146 Å². The van der Waals surface area contributed by atoms with Crippen molar-refractivity contribution in [2.45, 2.75) is 0 Å². The van der Waals surface area contributed by atoms with Crippen LogP contribution in [0.25, 0.3) is 72.9 Å². The Morgan fingerprint density at radius 1 is 0.144 bits per heavy atom. The van der Waals surface area contributed by atoms with Crippen molar-refractivity contribution in [1.82, 2.24) is 59.8 Å². The van der Waals surface area contributed by atoms with E-state index in [9.17, 15) is 0 Å². The molecule has 0 unspecified atom stereocenters. The molecule has 0 fully saturated rings. The minimum atomic E-state index is -1.75. The van der Waals surface area contributed by atoms with Gasteiger partial charge in [0, 0.05) is 149 Å². The van der Waals surface area contributed by atoms with E-state index in [0.29, 0.717) is 0 Å². The summed E-state index contributed by atoms with van der Waals surface area (Å²) in [4.78, 5) is 97.0. The summed E-state index contributed by atoms with van der Waals surface area (Å²) < 4.78 is 0. The number of rotatable bonds is 12. The van der Waals surface area contributed by atoms with Crippen molar-refractivity contribution < 1.29 is 151 Å². The van der Waals surface area contributed by atoms with Crippen LogP contribution in [0.4, 0.5) is 0 Å². The normalized spacial score (nSPS) is 8.75. The van der Waals surface area contributed by atoms with Crippen LogP contribution in [0.1, 0.15) is 66.8 Å². The third-order valence-corrected chi connectivity index (χ3v) is 11.3. The molecule has 0 aliphatic rings. The molecule has 12 aromatic rings. The van der Waals surface area contributed by atoms with Crippen molar-refractivity contribution in [1.29, 1.82) is 0 Å². The van der Waals surface area contributed by atoms with Gasteiger partial charge in [-0.25, -0.2) is 0 Å². The van der Waals surface area contributed by atoms with Crippen LogP contribution in [-0.2, 0) is 43.8 Å². The largest absolute Gasteiger partial charge is 3.00 e. The van der Waals surface area contributed by atoms with Gasteiger partial charge < -0.3 is 136 Å². The summed E-state index contributed by atoms with van der Waals surface area (Å²) in [7, 11) is 0. The molecule has 118 heavy (non-hydrogen) atoms. The van der Waals surface area contributed by atoms with Gasteiger partial charge in [-0.3, -0.25) is 59.8 Å². The fourth-order valence-electron chi connectivity index (χ4n) is 6.85. The maximum absolute atomic E-state index is 8.25. The van der Waals surface area contributed by atoms with E-state index in [-0.39, 0.29) is 120 Å². The summed E-state index contributed by atoms with van der Waals surface area (Å²) in [5.74, 6) is 0. The van der Waals surface area contributed by atoms with Crippen LogP contribution in [0.2, 0.25) is 0 Å². The molecule has 0 atom stereocenters. The van der Waals surface area contributed by atoms with E-state index in [1.54, 1.807) is 149 Å². The van der Waals surface area contributed by atoms with Crippen LogP contribution in [-0.4, -0.2) is 90.3 Å². The Bertz CT molecular complexity index is 3520. The Hall–Kier alpha value is -14.3. The number of nitrogens with zero attached hydrogens (tertiary/aromatic N) is 18. The zero-order valence-corrected chi connectivity index (χ0v) is 65.3. The molecule has 0 amide bonds. The summed E-state index contributed by atoms with van der Waals surface area (Å²) >= 11 is 0. The first kappa shape index (κ1) is 125. The average Bonchev–Trinajstić information content (AvgIpc) is 0.955. The zero-order valence-electron chi connectivity index (χ0n) is 61.3.